The lowest BCUT2D eigenvalue weighted by Gasteiger charge is -2.45. The molecular weight excluding hydrogens is 1150 g/mol. The highest BCUT2D eigenvalue weighted by molar-refractivity contribution is 7.90. The molecule has 4 aromatic rings. The van der Waals surface area contributed by atoms with E-state index in [4.69, 9.17) is 32.7 Å². The molecule has 4 heterocycles. The van der Waals surface area contributed by atoms with E-state index in [0.29, 0.717) is 76.6 Å². The molecule has 4 aliphatic heterocycles. The summed E-state index contributed by atoms with van der Waals surface area (Å²) in [6, 6.07) is 22.4. The Morgan fingerprint density at radius 1 is 0.560 bits per heavy atom. The molecule has 4 aromatic carbocycles. The van der Waals surface area contributed by atoms with E-state index >= 15 is 0 Å². The first-order valence-corrected chi connectivity index (χ1v) is 34.0. The van der Waals surface area contributed by atoms with Crippen LogP contribution in [-0.2, 0) is 43.7 Å². The minimum absolute atomic E-state index is 0.145. The van der Waals surface area contributed by atoms with Crippen LogP contribution in [0.25, 0.3) is 0 Å². The fourth-order valence-corrected chi connectivity index (χ4v) is 17.7. The summed E-state index contributed by atoms with van der Waals surface area (Å²) in [5, 5.41) is 43.2. The molecule has 20 heteroatoms. The van der Waals surface area contributed by atoms with Crippen LogP contribution in [0.2, 0.25) is 10.0 Å². The van der Waals surface area contributed by atoms with Gasteiger partial charge in [-0.05, 0) is 196 Å². The SMILES string of the molecule is O=C1NS(=O)(=O)C[C@@H](CO)C/C=C\C[C@H](O)[C@@H]2CC[C@H]2CN2C[C@@]3(CCCc4cc(Cl)ccc43)COc3ccc1cc32.O=C1NS(=O)(=O)C[C@H](CO)C/C=C\C[C@H](O)[C@@H]2CC[C@H]2CN2C[C@@]3(CCCc4cc(Cl)ccc43)COc3ccc1cc32. The number of aryl methyl sites for hydroxylation is 2. The van der Waals surface area contributed by atoms with Crippen LogP contribution in [0, 0.1) is 35.5 Å². The smallest absolute Gasteiger partial charge is 0.264 e. The molecule has 4 aliphatic carbocycles. The first kappa shape index (κ1) is 60.5. The largest absolute Gasteiger partial charge is 0.490 e. The lowest BCUT2D eigenvalue weighted by molar-refractivity contribution is 0.0175. The maximum atomic E-state index is 13.2. The van der Waals surface area contributed by atoms with Crippen molar-refractivity contribution in [3.8, 4) is 11.5 Å². The van der Waals surface area contributed by atoms with E-state index in [-0.39, 0.29) is 70.3 Å². The van der Waals surface area contributed by atoms with Gasteiger partial charge >= 0.3 is 0 Å². The van der Waals surface area contributed by atoms with Gasteiger partial charge in [-0.3, -0.25) is 9.59 Å². The number of anilines is 2. The number of sulfonamides is 2. The van der Waals surface area contributed by atoms with Crippen LogP contribution in [-0.4, -0.2) is 125 Å². The summed E-state index contributed by atoms with van der Waals surface area (Å²) in [5.74, 6) is -1.14. The number of carbonyl (C=O) groups is 2. The third kappa shape index (κ3) is 13.2. The number of ether oxygens (including phenoxy) is 2. The van der Waals surface area contributed by atoms with E-state index in [2.05, 4.69) is 43.5 Å². The Morgan fingerprint density at radius 2 is 0.976 bits per heavy atom. The average Bonchev–Trinajstić information content (AvgIpc) is 2.00. The number of fused-ring (bicyclic) bond motifs is 8. The lowest BCUT2D eigenvalue weighted by Crippen LogP contribution is -2.49. The molecule has 84 heavy (non-hydrogen) atoms. The number of halogens is 2. The van der Waals surface area contributed by atoms with Crippen molar-refractivity contribution >= 4 is 66.4 Å². The molecule has 8 aliphatic rings. The molecule has 2 spiro atoms. The van der Waals surface area contributed by atoms with Crippen molar-refractivity contribution in [2.24, 2.45) is 35.5 Å². The second-order valence-electron chi connectivity index (χ2n) is 25.1. The molecule has 6 N–H and O–H groups in total. The number of benzene rings is 4. The summed E-state index contributed by atoms with van der Waals surface area (Å²) < 4.78 is 69.0. The molecule has 0 unspecified atom stereocenters. The summed E-state index contributed by atoms with van der Waals surface area (Å²) >= 11 is 12.8. The lowest BCUT2D eigenvalue weighted by atomic mass is 9.68. The summed E-state index contributed by atoms with van der Waals surface area (Å²) in [7, 11) is -7.99. The van der Waals surface area contributed by atoms with Crippen molar-refractivity contribution in [1.29, 1.82) is 0 Å². The van der Waals surface area contributed by atoms with Crippen LogP contribution >= 0.6 is 23.2 Å². The highest BCUT2D eigenvalue weighted by Gasteiger charge is 2.47. The summed E-state index contributed by atoms with van der Waals surface area (Å²) in [4.78, 5) is 31.1. The molecule has 2 amide bonds. The number of hydrogen-bond acceptors (Lipinski definition) is 14. The Kier molecular flexibility index (Phi) is 18.2. The number of nitrogens with one attached hydrogen (secondary N) is 2. The summed E-state index contributed by atoms with van der Waals surface area (Å²) in [6.07, 6.45) is 17.8. The Bertz CT molecular complexity index is 3180. The van der Waals surface area contributed by atoms with Gasteiger partial charge in [-0.1, -0.05) is 59.6 Å². The number of aliphatic hydroxyl groups is 4. The van der Waals surface area contributed by atoms with Gasteiger partial charge < -0.3 is 39.7 Å². The topological polar surface area (TPSA) is 232 Å². The third-order valence-corrected chi connectivity index (χ3v) is 22.7. The van der Waals surface area contributed by atoms with E-state index < -0.39 is 55.9 Å². The monoisotopic (exact) mass is 1230 g/mol. The number of amides is 2. The number of carbonyl (C=O) groups excluding carboxylic acids is 2. The highest BCUT2D eigenvalue weighted by Crippen LogP contribution is 2.49. The van der Waals surface area contributed by atoms with Crippen LogP contribution in [0.1, 0.15) is 120 Å². The molecule has 2 saturated carbocycles. The molecule has 2 fully saturated rings. The summed E-state index contributed by atoms with van der Waals surface area (Å²) in [5.41, 5.74) is 6.39. The fraction of sp³-hybridized carbons (Fsp3) is 0.531. The van der Waals surface area contributed by atoms with Gasteiger partial charge in [0.25, 0.3) is 11.8 Å². The minimum Gasteiger partial charge on any atom is -0.490 e. The number of rotatable bonds is 2. The predicted octanol–water partition coefficient (Wildman–Crippen LogP) is 8.44. The van der Waals surface area contributed by atoms with Gasteiger partial charge in [-0.25, -0.2) is 26.3 Å². The van der Waals surface area contributed by atoms with Crippen molar-refractivity contribution in [2.75, 3.05) is 73.9 Å². The normalized spacial score (nSPS) is 31.8. The predicted molar refractivity (Wildman–Crippen MR) is 325 cm³/mol. The standard InChI is InChI=1S/2C32H39ClN2O6S/c2*33-25-9-11-27-22(14-25)5-3-13-32(27)19-35-16-24-7-10-26(24)29(37)6-2-1-4-21(17-36)18-42(39,40)34-31(38)23-8-12-30(41-20-32)28(35)15-23/h2*1-2,8-9,11-12,14-15,21,24,26,29,36-37H,3-7,10,13,16-20H2,(H,34,38)/b2*2-1-/t21-,24+,26-,29+,32+;21-,24-,26+,29-,32-/m10/s1. The van der Waals surface area contributed by atoms with Crippen molar-refractivity contribution < 1.29 is 56.3 Å². The van der Waals surface area contributed by atoms with Crippen LogP contribution in [0.15, 0.2) is 97.1 Å². The average molecular weight is 1230 g/mol. The third-order valence-electron chi connectivity index (χ3n) is 19.4. The minimum atomic E-state index is -3.99. The Hall–Kier alpha value is -5.18. The highest BCUT2D eigenvalue weighted by atomic mass is 35.5. The molecule has 4 bridgehead atoms. The Labute approximate surface area is 503 Å². The van der Waals surface area contributed by atoms with E-state index in [1.165, 1.54) is 22.3 Å². The summed E-state index contributed by atoms with van der Waals surface area (Å²) in [6.45, 7) is 3.06. The van der Waals surface area contributed by atoms with E-state index in [1.54, 1.807) is 36.4 Å². The van der Waals surface area contributed by atoms with Crippen molar-refractivity contribution in [1.82, 2.24) is 9.44 Å². The molecular formula is C64H78Cl2N4O12S2. The van der Waals surface area contributed by atoms with E-state index in [9.17, 15) is 46.9 Å². The molecule has 10 atom stereocenters. The molecule has 0 radical (unpaired) electrons. The maximum Gasteiger partial charge on any atom is 0.264 e. The van der Waals surface area contributed by atoms with Crippen molar-refractivity contribution in [3.05, 3.63) is 141 Å². The van der Waals surface area contributed by atoms with E-state index in [1.807, 2.05) is 36.4 Å². The number of allylic oxidation sites excluding steroid dienone is 2. The molecule has 452 valence electrons. The van der Waals surface area contributed by atoms with Crippen LogP contribution < -0.4 is 28.7 Å². The molecule has 16 nitrogen and oxygen atoms in total. The van der Waals surface area contributed by atoms with Gasteiger partial charge in [0.2, 0.25) is 20.0 Å². The quantitative estimate of drug-likeness (QED) is 0.104. The van der Waals surface area contributed by atoms with Crippen molar-refractivity contribution in [2.45, 2.75) is 113 Å². The van der Waals surface area contributed by atoms with Crippen LogP contribution in [0.3, 0.4) is 0 Å². The molecule has 0 aromatic heterocycles. The van der Waals surface area contributed by atoms with Gasteiger partial charge in [-0.15, -0.1) is 0 Å². The second kappa shape index (κ2) is 25.3. The van der Waals surface area contributed by atoms with E-state index in [0.717, 1.165) is 85.6 Å². The maximum absolute atomic E-state index is 13.2. The first-order valence-electron chi connectivity index (χ1n) is 29.9. The van der Waals surface area contributed by atoms with Crippen LogP contribution in [0.4, 0.5) is 11.4 Å². The molecule has 0 saturated heterocycles. The zero-order valence-corrected chi connectivity index (χ0v) is 50.5. The van der Waals surface area contributed by atoms with Crippen molar-refractivity contribution in [3.63, 3.8) is 0 Å². The number of nitrogens with zero attached hydrogens (tertiary/aromatic N) is 2. The van der Waals surface area contributed by atoms with Gasteiger partial charge in [0.05, 0.1) is 48.3 Å². The first-order chi connectivity index (χ1) is 40.3. The van der Waals surface area contributed by atoms with Gasteiger partial charge in [-0.2, -0.15) is 0 Å². The molecule has 12 rings (SSSR count). The fourth-order valence-electron chi connectivity index (χ4n) is 14.6. The number of hydrogen-bond donors (Lipinski definition) is 6. The Morgan fingerprint density at radius 3 is 1.37 bits per heavy atom. The van der Waals surface area contributed by atoms with Gasteiger partial charge in [0.1, 0.15) is 11.5 Å². The zero-order chi connectivity index (χ0) is 59.0. The second-order valence-corrected chi connectivity index (χ2v) is 29.5. The number of aliphatic hydroxyl groups excluding tert-OH is 4. The Balaban J connectivity index is 0.000000175. The van der Waals surface area contributed by atoms with Crippen LogP contribution in [0.5, 0.6) is 11.5 Å². The van der Waals surface area contributed by atoms with Gasteiger partial charge in [0, 0.05) is 83.2 Å². The van der Waals surface area contributed by atoms with Gasteiger partial charge in [0.15, 0.2) is 0 Å². The zero-order valence-electron chi connectivity index (χ0n) is 47.3.